The number of hydrogen-bond donors (Lipinski definition) is 2. The van der Waals surface area contributed by atoms with Gasteiger partial charge in [-0.25, -0.2) is 8.78 Å². The minimum Gasteiger partial charge on any atom is -0.396 e. The maximum absolute atomic E-state index is 13.3. The molecule has 0 radical (unpaired) electrons. The van der Waals surface area contributed by atoms with Crippen LogP contribution in [0.5, 0.6) is 0 Å². The third-order valence-corrected chi connectivity index (χ3v) is 2.96. The zero-order valence-electron chi connectivity index (χ0n) is 10.9. The Kier molecular flexibility index (Phi) is 3.98. The molecule has 0 aliphatic rings. The van der Waals surface area contributed by atoms with E-state index in [0.717, 1.165) is 6.07 Å². The second kappa shape index (κ2) is 5.69. The van der Waals surface area contributed by atoms with Crippen molar-refractivity contribution >= 4 is 11.6 Å². The highest BCUT2D eigenvalue weighted by Crippen LogP contribution is 2.16. The Balaban J connectivity index is 2.13. The van der Waals surface area contributed by atoms with Gasteiger partial charge in [-0.1, -0.05) is 12.1 Å². The first-order chi connectivity index (χ1) is 9.47. The number of rotatable bonds is 3. The number of benzene rings is 2. The number of carbonyl (C=O) groups is 1. The smallest absolute Gasteiger partial charge is 0.251 e. The third-order valence-electron chi connectivity index (χ3n) is 2.96. The summed E-state index contributed by atoms with van der Waals surface area (Å²) in [6.07, 6.45) is 0. The van der Waals surface area contributed by atoms with E-state index in [4.69, 9.17) is 5.73 Å². The minimum atomic E-state index is -0.643. The standard InChI is InChI=1S/C15H14F2N2O/c1-9(10-3-2-4-12(16)7-10)19-15(20)11-5-6-14(18)13(17)8-11/h2-9H,18H2,1H3,(H,19,20)/t9-/m1/s1. The van der Waals surface area contributed by atoms with Crippen molar-refractivity contribution in [3.63, 3.8) is 0 Å². The number of amides is 1. The molecule has 1 amide bonds. The largest absolute Gasteiger partial charge is 0.396 e. The number of carbonyl (C=O) groups excluding carboxylic acids is 1. The highest BCUT2D eigenvalue weighted by Gasteiger charge is 2.13. The number of nitrogen functional groups attached to an aromatic ring is 1. The van der Waals surface area contributed by atoms with E-state index < -0.39 is 11.7 Å². The summed E-state index contributed by atoms with van der Waals surface area (Å²) in [5, 5.41) is 2.67. The van der Waals surface area contributed by atoms with E-state index >= 15 is 0 Å². The summed E-state index contributed by atoms with van der Waals surface area (Å²) in [6.45, 7) is 1.72. The van der Waals surface area contributed by atoms with Gasteiger partial charge in [-0.2, -0.15) is 0 Å². The molecule has 2 aromatic rings. The van der Waals surface area contributed by atoms with Gasteiger partial charge in [0.2, 0.25) is 0 Å². The van der Waals surface area contributed by atoms with Crippen LogP contribution >= 0.6 is 0 Å². The highest BCUT2D eigenvalue weighted by atomic mass is 19.1. The van der Waals surface area contributed by atoms with Crippen molar-refractivity contribution in [2.24, 2.45) is 0 Å². The number of hydrogen-bond acceptors (Lipinski definition) is 2. The van der Waals surface area contributed by atoms with Crippen molar-refractivity contribution in [1.82, 2.24) is 5.32 Å². The summed E-state index contributed by atoms with van der Waals surface area (Å²) in [7, 11) is 0. The lowest BCUT2D eigenvalue weighted by Crippen LogP contribution is -2.26. The van der Waals surface area contributed by atoms with Gasteiger partial charge < -0.3 is 11.1 Å². The molecule has 2 aromatic carbocycles. The molecular weight excluding hydrogens is 262 g/mol. The van der Waals surface area contributed by atoms with E-state index in [9.17, 15) is 13.6 Å². The second-order valence-electron chi connectivity index (χ2n) is 4.49. The van der Waals surface area contributed by atoms with Gasteiger partial charge in [-0.05, 0) is 42.8 Å². The SMILES string of the molecule is C[C@@H](NC(=O)c1ccc(N)c(F)c1)c1cccc(F)c1. The average molecular weight is 276 g/mol. The number of halogens is 2. The summed E-state index contributed by atoms with van der Waals surface area (Å²) < 4.78 is 26.4. The fourth-order valence-electron chi connectivity index (χ4n) is 1.81. The quantitative estimate of drug-likeness (QED) is 0.847. The summed E-state index contributed by atoms with van der Waals surface area (Å²) in [6, 6.07) is 9.39. The number of nitrogens with one attached hydrogen (secondary N) is 1. The molecule has 0 aliphatic heterocycles. The average Bonchev–Trinajstić information content (AvgIpc) is 2.41. The molecule has 104 valence electrons. The Morgan fingerprint density at radius 2 is 1.95 bits per heavy atom. The van der Waals surface area contributed by atoms with Crippen LogP contribution in [-0.4, -0.2) is 5.91 Å². The molecule has 0 aromatic heterocycles. The summed E-state index contributed by atoms with van der Waals surface area (Å²) in [5.41, 5.74) is 6.14. The van der Waals surface area contributed by atoms with Gasteiger partial charge in [-0.3, -0.25) is 4.79 Å². The summed E-state index contributed by atoms with van der Waals surface area (Å²) in [5.74, 6) is -1.46. The predicted molar refractivity (Wildman–Crippen MR) is 73.1 cm³/mol. The van der Waals surface area contributed by atoms with Crippen LogP contribution in [0, 0.1) is 11.6 Å². The molecular formula is C15H14F2N2O. The topological polar surface area (TPSA) is 55.1 Å². The van der Waals surface area contributed by atoms with Gasteiger partial charge >= 0.3 is 0 Å². The van der Waals surface area contributed by atoms with Crippen molar-refractivity contribution in [2.45, 2.75) is 13.0 Å². The molecule has 5 heteroatoms. The third kappa shape index (κ3) is 3.12. The molecule has 0 heterocycles. The van der Waals surface area contributed by atoms with Crippen LogP contribution in [0.4, 0.5) is 14.5 Å². The molecule has 20 heavy (non-hydrogen) atoms. The Labute approximate surface area is 115 Å². The van der Waals surface area contributed by atoms with E-state index in [-0.39, 0.29) is 23.1 Å². The van der Waals surface area contributed by atoms with Gasteiger partial charge in [0, 0.05) is 5.56 Å². The van der Waals surface area contributed by atoms with Crippen molar-refractivity contribution in [3.8, 4) is 0 Å². The van der Waals surface area contributed by atoms with Gasteiger partial charge in [0.1, 0.15) is 11.6 Å². The van der Waals surface area contributed by atoms with Crippen molar-refractivity contribution in [2.75, 3.05) is 5.73 Å². The normalized spacial score (nSPS) is 11.9. The van der Waals surface area contributed by atoms with E-state index in [0.29, 0.717) is 5.56 Å². The molecule has 1 atom stereocenters. The van der Waals surface area contributed by atoms with Gasteiger partial charge in [-0.15, -0.1) is 0 Å². The fourth-order valence-corrected chi connectivity index (χ4v) is 1.81. The predicted octanol–water partition coefficient (Wildman–Crippen LogP) is 3.04. The van der Waals surface area contributed by atoms with E-state index in [1.807, 2.05) is 0 Å². The zero-order valence-corrected chi connectivity index (χ0v) is 10.9. The molecule has 2 rings (SSSR count). The zero-order chi connectivity index (χ0) is 14.7. The molecule has 0 fully saturated rings. The van der Waals surface area contributed by atoms with Crippen molar-refractivity contribution in [3.05, 3.63) is 65.2 Å². The monoisotopic (exact) mass is 276 g/mol. The Morgan fingerprint density at radius 3 is 2.60 bits per heavy atom. The van der Waals surface area contributed by atoms with Crippen molar-refractivity contribution in [1.29, 1.82) is 0 Å². The number of nitrogens with two attached hydrogens (primary N) is 1. The van der Waals surface area contributed by atoms with Crippen LogP contribution in [0.2, 0.25) is 0 Å². The Hall–Kier alpha value is -2.43. The van der Waals surface area contributed by atoms with E-state index in [1.165, 1.54) is 24.3 Å². The molecule has 0 bridgehead atoms. The minimum absolute atomic E-state index is 0.0141. The highest BCUT2D eigenvalue weighted by molar-refractivity contribution is 5.94. The van der Waals surface area contributed by atoms with Crippen LogP contribution in [0.3, 0.4) is 0 Å². The maximum Gasteiger partial charge on any atom is 0.251 e. The first-order valence-corrected chi connectivity index (χ1v) is 6.08. The van der Waals surface area contributed by atoms with Gasteiger partial charge in [0.15, 0.2) is 0 Å². The van der Waals surface area contributed by atoms with Crippen LogP contribution in [0.1, 0.15) is 28.9 Å². The lowest BCUT2D eigenvalue weighted by Gasteiger charge is -2.14. The molecule has 0 spiro atoms. The van der Waals surface area contributed by atoms with Gasteiger partial charge in [0.25, 0.3) is 5.91 Å². The van der Waals surface area contributed by atoms with Crippen LogP contribution < -0.4 is 11.1 Å². The molecule has 0 saturated carbocycles. The lowest BCUT2D eigenvalue weighted by molar-refractivity contribution is 0.0939. The first-order valence-electron chi connectivity index (χ1n) is 6.08. The Morgan fingerprint density at radius 1 is 1.20 bits per heavy atom. The lowest BCUT2D eigenvalue weighted by atomic mass is 10.1. The molecule has 3 nitrogen and oxygen atoms in total. The number of anilines is 1. The molecule has 0 saturated heterocycles. The first kappa shape index (κ1) is 14.0. The fraction of sp³-hybridized carbons (Fsp3) is 0.133. The van der Waals surface area contributed by atoms with Crippen molar-refractivity contribution < 1.29 is 13.6 Å². The molecule has 0 aliphatic carbocycles. The summed E-state index contributed by atoms with van der Waals surface area (Å²) in [4.78, 5) is 12.0. The van der Waals surface area contributed by atoms with E-state index in [1.54, 1.807) is 19.1 Å². The molecule has 3 N–H and O–H groups in total. The summed E-state index contributed by atoms with van der Waals surface area (Å²) >= 11 is 0. The van der Waals surface area contributed by atoms with Gasteiger partial charge in [0.05, 0.1) is 11.7 Å². The van der Waals surface area contributed by atoms with Crippen LogP contribution in [-0.2, 0) is 0 Å². The Bertz CT molecular complexity index is 644. The van der Waals surface area contributed by atoms with Crippen LogP contribution in [0.25, 0.3) is 0 Å². The molecule has 0 unspecified atom stereocenters. The maximum atomic E-state index is 13.3. The van der Waals surface area contributed by atoms with Crippen LogP contribution in [0.15, 0.2) is 42.5 Å². The van der Waals surface area contributed by atoms with E-state index in [2.05, 4.69) is 5.32 Å². The second-order valence-corrected chi connectivity index (χ2v) is 4.49.